The van der Waals surface area contributed by atoms with Gasteiger partial charge in [-0.15, -0.1) is 0 Å². The number of carboxylic acid groups (broad SMARTS) is 1. The van der Waals surface area contributed by atoms with Crippen LogP contribution in [0.2, 0.25) is 0 Å². The highest BCUT2D eigenvalue weighted by Gasteiger charge is 2.25. The van der Waals surface area contributed by atoms with Crippen molar-refractivity contribution in [2.45, 2.75) is 30.7 Å². The van der Waals surface area contributed by atoms with Crippen molar-refractivity contribution < 1.29 is 18.3 Å². The molecular formula is C14H20N2O4S. The van der Waals surface area contributed by atoms with E-state index < -0.39 is 16.0 Å². The first kappa shape index (κ1) is 15.9. The monoisotopic (exact) mass is 312 g/mol. The van der Waals surface area contributed by atoms with Gasteiger partial charge in [0.1, 0.15) is 0 Å². The first-order valence-electron chi connectivity index (χ1n) is 7.00. The summed E-state index contributed by atoms with van der Waals surface area (Å²) in [7, 11) is -3.69. The minimum atomic E-state index is -3.69. The third-order valence-electron chi connectivity index (χ3n) is 3.67. The number of nitrogens with one attached hydrogen (secondary N) is 1. The van der Waals surface area contributed by atoms with Crippen LogP contribution in [0, 0.1) is 0 Å². The molecule has 0 saturated carbocycles. The van der Waals surface area contributed by atoms with E-state index in [9.17, 15) is 13.2 Å². The second-order valence-electron chi connectivity index (χ2n) is 5.19. The van der Waals surface area contributed by atoms with E-state index in [1.54, 1.807) is 0 Å². The van der Waals surface area contributed by atoms with E-state index in [2.05, 4.69) is 9.62 Å². The van der Waals surface area contributed by atoms with Crippen molar-refractivity contribution in [1.82, 2.24) is 9.62 Å². The number of likely N-dealkylation sites (N-methyl/N-ethyl adjacent to an activating group) is 1. The largest absolute Gasteiger partial charge is 0.478 e. The minimum Gasteiger partial charge on any atom is -0.478 e. The molecular weight excluding hydrogens is 292 g/mol. The average Bonchev–Trinajstić information content (AvgIpc) is 2.47. The Hall–Kier alpha value is -1.44. The maximum absolute atomic E-state index is 12.3. The van der Waals surface area contributed by atoms with Crippen LogP contribution in [-0.4, -0.2) is 50.1 Å². The summed E-state index contributed by atoms with van der Waals surface area (Å²) in [6, 6.07) is 5.29. The fourth-order valence-corrected chi connectivity index (χ4v) is 3.83. The summed E-state index contributed by atoms with van der Waals surface area (Å²) in [6.45, 7) is 4.62. The second-order valence-corrected chi connectivity index (χ2v) is 6.90. The maximum Gasteiger partial charge on any atom is 0.335 e. The number of nitrogens with zero attached hydrogens (tertiary/aromatic N) is 1. The fraction of sp³-hybridized carbons (Fsp3) is 0.500. The number of aromatic carboxylic acids is 1. The molecule has 2 rings (SSSR count). The number of sulfonamides is 1. The normalized spacial score (nSPS) is 20.3. The summed E-state index contributed by atoms with van der Waals surface area (Å²) in [6.07, 6.45) is 1.75. The molecule has 1 fully saturated rings. The van der Waals surface area contributed by atoms with Gasteiger partial charge < -0.3 is 10.0 Å². The molecule has 1 aromatic rings. The van der Waals surface area contributed by atoms with Crippen LogP contribution in [0.5, 0.6) is 0 Å². The molecule has 0 spiro atoms. The Morgan fingerprint density at radius 3 is 2.90 bits per heavy atom. The van der Waals surface area contributed by atoms with Crippen LogP contribution in [0.15, 0.2) is 29.2 Å². The molecule has 7 heteroatoms. The van der Waals surface area contributed by atoms with Crippen LogP contribution < -0.4 is 4.72 Å². The Morgan fingerprint density at radius 2 is 2.24 bits per heavy atom. The van der Waals surface area contributed by atoms with Gasteiger partial charge in [-0.25, -0.2) is 17.9 Å². The quantitative estimate of drug-likeness (QED) is 0.851. The van der Waals surface area contributed by atoms with Crippen LogP contribution in [0.4, 0.5) is 0 Å². The smallest absolute Gasteiger partial charge is 0.335 e. The molecule has 0 amide bonds. The highest BCUT2D eigenvalue weighted by molar-refractivity contribution is 7.89. The topological polar surface area (TPSA) is 86.7 Å². The van der Waals surface area contributed by atoms with E-state index in [4.69, 9.17) is 5.11 Å². The molecule has 1 aromatic carbocycles. The molecule has 1 unspecified atom stereocenters. The van der Waals surface area contributed by atoms with Crippen molar-refractivity contribution in [3.63, 3.8) is 0 Å². The number of hydrogen-bond acceptors (Lipinski definition) is 4. The van der Waals surface area contributed by atoms with Crippen LogP contribution in [-0.2, 0) is 10.0 Å². The van der Waals surface area contributed by atoms with Crippen LogP contribution in [0.3, 0.4) is 0 Å². The van der Waals surface area contributed by atoms with Gasteiger partial charge in [0.25, 0.3) is 0 Å². The number of rotatable bonds is 5. The van der Waals surface area contributed by atoms with Gasteiger partial charge in [-0.05, 0) is 44.1 Å². The SMILES string of the molecule is CCN1CCCC(NS(=O)(=O)c2cccc(C(=O)O)c2)C1. The lowest BCUT2D eigenvalue weighted by molar-refractivity contribution is 0.0696. The van der Waals surface area contributed by atoms with Crippen molar-refractivity contribution >= 4 is 16.0 Å². The predicted octanol–water partition coefficient (Wildman–Crippen LogP) is 1.15. The number of hydrogen-bond donors (Lipinski definition) is 2. The highest BCUT2D eigenvalue weighted by atomic mass is 32.2. The zero-order chi connectivity index (χ0) is 15.5. The number of carboxylic acids is 1. The first-order chi connectivity index (χ1) is 9.92. The molecule has 21 heavy (non-hydrogen) atoms. The van der Waals surface area contributed by atoms with E-state index in [1.807, 2.05) is 6.92 Å². The predicted molar refractivity (Wildman–Crippen MR) is 78.9 cm³/mol. The summed E-state index contributed by atoms with van der Waals surface area (Å²) < 4.78 is 27.4. The fourth-order valence-electron chi connectivity index (χ4n) is 2.52. The molecule has 1 aliphatic rings. The van der Waals surface area contributed by atoms with Gasteiger partial charge in [0.05, 0.1) is 10.5 Å². The molecule has 1 aliphatic heterocycles. The van der Waals surface area contributed by atoms with Gasteiger partial charge in [0.2, 0.25) is 10.0 Å². The van der Waals surface area contributed by atoms with E-state index in [1.165, 1.54) is 24.3 Å². The van der Waals surface area contributed by atoms with Crippen molar-refractivity contribution in [3.8, 4) is 0 Å². The first-order valence-corrected chi connectivity index (χ1v) is 8.48. The molecule has 2 N–H and O–H groups in total. The summed E-state index contributed by atoms with van der Waals surface area (Å²) in [5.41, 5.74) is -0.0308. The van der Waals surface area contributed by atoms with Gasteiger partial charge in [-0.2, -0.15) is 0 Å². The lowest BCUT2D eigenvalue weighted by Gasteiger charge is -2.32. The lowest BCUT2D eigenvalue weighted by Crippen LogP contribution is -2.47. The Kier molecular flexibility index (Phi) is 4.97. The molecule has 1 atom stereocenters. The van der Waals surface area contributed by atoms with Gasteiger partial charge in [-0.1, -0.05) is 13.0 Å². The standard InChI is InChI=1S/C14H20N2O4S/c1-2-16-8-4-6-12(10-16)15-21(19,20)13-7-3-5-11(9-13)14(17)18/h3,5,7,9,12,15H,2,4,6,8,10H2,1H3,(H,17,18). The molecule has 6 nitrogen and oxygen atoms in total. The van der Waals surface area contributed by atoms with E-state index in [-0.39, 0.29) is 16.5 Å². The van der Waals surface area contributed by atoms with Crippen molar-refractivity contribution in [3.05, 3.63) is 29.8 Å². The second kappa shape index (κ2) is 6.55. The van der Waals surface area contributed by atoms with E-state index in [0.717, 1.165) is 25.9 Å². The van der Waals surface area contributed by atoms with Gasteiger partial charge >= 0.3 is 5.97 Å². The molecule has 0 aliphatic carbocycles. The summed E-state index contributed by atoms with van der Waals surface area (Å²) >= 11 is 0. The van der Waals surface area contributed by atoms with Crippen molar-refractivity contribution in [2.75, 3.05) is 19.6 Å². The van der Waals surface area contributed by atoms with Gasteiger partial charge in [0.15, 0.2) is 0 Å². The Balaban J connectivity index is 2.14. The number of likely N-dealkylation sites (tertiary alicyclic amines) is 1. The molecule has 116 valence electrons. The van der Waals surface area contributed by atoms with Crippen molar-refractivity contribution in [2.24, 2.45) is 0 Å². The van der Waals surface area contributed by atoms with Crippen LogP contribution in [0.25, 0.3) is 0 Å². The molecule has 0 aromatic heterocycles. The van der Waals surface area contributed by atoms with Crippen LogP contribution in [0.1, 0.15) is 30.1 Å². The zero-order valence-electron chi connectivity index (χ0n) is 11.9. The average molecular weight is 312 g/mol. The lowest BCUT2D eigenvalue weighted by atomic mass is 10.1. The van der Waals surface area contributed by atoms with E-state index >= 15 is 0 Å². The Morgan fingerprint density at radius 1 is 1.48 bits per heavy atom. The van der Waals surface area contributed by atoms with Gasteiger partial charge in [0, 0.05) is 12.6 Å². The highest BCUT2D eigenvalue weighted by Crippen LogP contribution is 2.15. The number of carbonyl (C=O) groups is 1. The molecule has 0 radical (unpaired) electrons. The summed E-state index contributed by atoms with van der Waals surface area (Å²) in [5.74, 6) is -1.14. The minimum absolute atomic E-state index is 0.00368. The van der Waals surface area contributed by atoms with Crippen LogP contribution >= 0.6 is 0 Å². The Labute approximate surface area is 124 Å². The van der Waals surface area contributed by atoms with E-state index in [0.29, 0.717) is 6.54 Å². The Bertz CT molecular complexity index is 615. The van der Waals surface area contributed by atoms with Crippen molar-refractivity contribution in [1.29, 1.82) is 0 Å². The zero-order valence-corrected chi connectivity index (χ0v) is 12.8. The maximum atomic E-state index is 12.3. The molecule has 0 bridgehead atoms. The third kappa shape index (κ3) is 4.03. The molecule has 1 heterocycles. The third-order valence-corrected chi connectivity index (χ3v) is 5.18. The summed E-state index contributed by atoms with van der Waals surface area (Å²) in [4.78, 5) is 13.1. The molecule has 1 saturated heterocycles. The number of piperidine rings is 1. The summed E-state index contributed by atoms with van der Waals surface area (Å²) in [5, 5.41) is 8.94. The number of benzene rings is 1. The van der Waals surface area contributed by atoms with Gasteiger partial charge in [-0.3, -0.25) is 0 Å².